The SMILES string of the molecule is C#CCN(CCC)CC(N)C(C)C. The van der Waals surface area contributed by atoms with E-state index < -0.39 is 0 Å². The van der Waals surface area contributed by atoms with Crippen molar-refractivity contribution in [3.8, 4) is 12.3 Å². The molecule has 0 radical (unpaired) electrons. The van der Waals surface area contributed by atoms with E-state index in [1.54, 1.807) is 0 Å². The fourth-order valence-electron chi connectivity index (χ4n) is 1.19. The van der Waals surface area contributed by atoms with Crippen molar-refractivity contribution in [2.45, 2.75) is 33.2 Å². The second kappa shape index (κ2) is 6.94. The molecule has 0 bridgehead atoms. The number of terminal acetylenes is 1. The Morgan fingerprint density at radius 3 is 2.46 bits per heavy atom. The summed E-state index contributed by atoms with van der Waals surface area (Å²) >= 11 is 0. The number of rotatable bonds is 6. The summed E-state index contributed by atoms with van der Waals surface area (Å²) in [6.07, 6.45) is 6.41. The van der Waals surface area contributed by atoms with Gasteiger partial charge in [0.25, 0.3) is 0 Å². The molecule has 13 heavy (non-hydrogen) atoms. The molecule has 0 aromatic rings. The van der Waals surface area contributed by atoms with Crippen molar-refractivity contribution in [3.63, 3.8) is 0 Å². The molecule has 0 amide bonds. The van der Waals surface area contributed by atoms with Crippen molar-refractivity contribution in [2.24, 2.45) is 11.7 Å². The highest BCUT2D eigenvalue weighted by Gasteiger charge is 2.11. The molecule has 0 rings (SSSR count). The van der Waals surface area contributed by atoms with Crippen LogP contribution >= 0.6 is 0 Å². The van der Waals surface area contributed by atoms with Crippen molar-refractivity contribution in [3.05, 3.63) is 0 Å². The summed E-state index contributed by atoms with van der Waals surface area (Å²) in [7, 11) is 0. The number of hydrogen-bond acceptors (Lipinski definition) is 2. The summed E-state index contributed by atoms with van der Waals surface area (Å²) in [5, 5.41) is 0. The minimum atomic E-state index is 0.236. The summed E-state index contributed by atoms with van der Waals surface area (Å²) < 4.78 is 0. The molecule has 0 aliphatic heterocycles. The number of nitrogens with zero attached hydrogens (tertiary/aromatic N) is 1. The van der Waals surface area contributed by atoms with E-state index in [1.807, 2.05) is 0 Å². The van der Waals surface area contributed by atoms with Gasteiger partial charge in [-0.25, -0.2) is 0 Å². The molecule has 0 heterocycles. The Balaban J connectivity index is 3.87. The fraction of sp³-hybridized carbons (Fsp3) is 0.818. The van der Waals surface area contributed by atoms with E-state index in [0.717, 1.165) is 19.5 Å². The fourth-order valence-corrected chi connectivity index (χ4v) is 1.19. The summed E-state index contributed by atoms with van der Waals surface area (Å²) in [5.74, 6) is 3.19. The Bertz CT molecular complexity index is 158. The monoisotopic (exact) mass is 182 g/mol. The molecule has 0 aromatic carbocycles. The van der Waals surface area contributed by atoms with Gasteiger partial charge in [0.1, 0.15) is 0 Å². The van der Waals surface area contributed by atoms with E-state index in [2.05, 4.69) is 31.6 Å². The van der Waals surface area contributed by atoms with E-state index in [0.29, 0.717) is 12.5 Å². The molecule has 0 aromatic heterocycles. The molecule has 76 valence electrons. The summed E-state index contributed by atoms with van der Waals surface area (Å²) in [5.41, 5.74) is 5.97. The quantitative estimate of drug-likeness (QED) is 0.628. The molecular weight excluding hydrogens is 160 g/mol. The normalized spacial score (nSPS) is 13.3. The van der Waals surface area contributed by atoms with Gasteiger partial charge >= 0.3 is 0 Å². The van der Waals surface area contributed by atoms with Crippen LogP contribution in [0.4, 0.5) is 0 Å². The average Bonchev–Trinajstić information content (AvgIpc) is 2.05. The minimum Gasteiger partial charge on any atom is -0.326 e. The maximum absolute atomic E-state index is 5.97. The first-order valence-electron chi connectivity index (χ1n) is 5.03. The smallest absolute Gasteiger partial charge is 0.0599 e. The summed E-state index contributed by atoms with van der Waals surface area (Å²) in [6, 6.07) is 0.236. The lowest BCUT2D eigenvalue weighted by molar-refractivity contribution is 0.263. The Morgan fingerprint density at radius 1 is 1.46 bits per heavy atom. The zero-order valence-electron chi connectivity index (χ0n) is 9.09. The van der Waals surface area contributed by atoms with Crippen molar-refractivity contribution < 1.29 is 0 Å². The topological polar surface area (TPSA) is 29.3 Å². The van der Waals surface area contributed by atoms with Crippen LogP contribution in [0.5, 0.6) is 0 Å². The van der Waals surface area contributed by atoms with Crippen LogP contribution in [0, 0.1) is 18.3 Å². The van der Waals surface area contributed by atoms with Crippen molar-refractivity contribution in [2.75, 3.05) is 19.6 Å². The Labute approximate surface area is 82.5 Å². The molecule has 2 nitrogen and oxygen atoms in total. The van der Waals surface area contributed by atoms with Gasteiger partial charge in [0, 0.05) is 12.6 Å². The van der Waals surface area contributed by atoms with Crippen molar-refractivity contribution in [1.82, 2.24) is 4.90 Å². The van der Waals surface area contributed by atoms with Crippen LogP contribution in [0.15, 0.2) is 0 Å². The molecular formula is C11H22N2. The lowest BCUT2D eigenvalue weighted by atomic mass is 10.1. The third-order valence-corrected chi connectivity index (χ3v) is 2.18. The molecule has 2 heteroatoms. The van der Waals surface area contributed by atoms with E-state index >= 15 is 0 Å². The van der Waals surface area contributed by atoms with Crippen LogP contribution in [0.1, 0.15) is 27.2 Å². The molecule has 0 aliphatic rings. The van der Waals surface area contributed by atoms with Crippen LogP contribution in [0.25, 0.3) is 0 Å². The molecule has 0 saturated heterocycles. The highest BCUT2D eigenvalue weighted by Crippen LogP contribution is 2.01. The standard InChI is InChI=1S/C11H22N2/c1-5-7-13(8-6-2)9-11(12)10(3)4/h1,10-11H,6-9,12H2,2-4H3. The van der Waals surface area contributed by atoms with E-state index in [1.165, 1.54) is 0 Å². The van der Waals surface area contributed by atoms with Gasteiger partial charge in [-0.2, -0.15) is 0 Å². The Kier molecular flexibility index (Phi) is 6.66. The molecule has 1 unspecified atom stereocenters. The number of nitrogens with two attached hydrogens (primary N) is 1. The zero-order chi connectivity index (χ0) is 10.3. The first kappa shape index (κ1) is 12.5. The van der Waals surface area contributed by atoms with Crippen molar-refractivity contribution >= 4 is 0 Å². The van der Waals surface area contributed by atoms with E-state index in [4.69, 9.17) is 12.2 Å². The lowest BCUT2D eigenvalue weighted by Gasteiger charge is -2.25. The molecule has 0 spiro atoms. The molecule has 2 N–H and O–H groups in total. The van der Waals surface area contributed by atoms with E-state index in [-0.39, 0.29) is 6.04 Å². The highest BCUT2D eigenvalue weighted by atomic mass is 15.1. The maximum atomic E-state index is 5.97. The first-order chi connectivity index (χ1) is 6.11. The van der Waals surface area contributed by atoms with Crippen LogP contribution < -0.4 is 5.73 Å². The second-order valence-corrected chi connectivity index (χ2v) is 3.85. The van der Waals surface area contributed by atoms with Gasteiger partial charge in [0.15, 0.2) is 0 Å². The first-order valence-corrected chi connectivity index (χ1v) is 5.03. The minimum absolute atomic E-state index is 0.236. The van der Waals surface area contributed by atoms with Gasteiger partial charge in [-0.15, -0.1) is 6.42 Å². The van der Waals surface area contributed by atoms with Crippen LogP contribution in [-0.4, -0.2) is 30.6 Å². The van der Waals surface area contributed by atoms with E-state index in [9.17, 15) is 0 Å². The molecule has 1 atom stereocenters. The third kappa shape index (κ3) is 5.68. The predicted octanol–water partition coefficient (Wildman–Crippen LogP) is 1.31. The van der Waals surface area contributed by atoms with Gasteiger partial charge < -0.3 is 5.73 Å². The predicted molar refractivity (Wildman–Crippen MR) is 58.4 cm³/mol. The molecule has 0 saturated carbocycles. The second-order valence-electron chi connectivity index (χ2n) is 3.85. The van der Waals surface area contributed by atoms with Crippen LogP contribution in [0.3, 0.4) is 0 Å². The average molecular weight is 182 g/mol. The largest absolute Gasteiger partial charge is 0.326 e. The summed E-state index contributed by atoms with van der Waals surface area (Å²) in [6.45, 7) is 9.12. The van der Waals surface area contributed by atoms with Gasteiger partial charge in [-0.3, -0.25) is 4.90 Å². The molecule has 0 fully saturated rings. The van der Waals surface area contributed by atoms with Gasteiger partial charge in [0.05, 0.1) is 6.54 Å². The molecule has 0 aliphatic carbocycles. The van der Waals surface area contributed by atoms with Crippen LogP contribution in [0.2, 0.25) is 0 Å². The van der Waals surface area contributed by atoms with Crippen LogP contribution in [-0.2, 0) is 0 Å². The van der Waals surface area contributed by atoms with Crippen molar-refractivity contribution in [1.29, 1.82) is 0 Å². The maximum Gasteiger partial charge on any atom is 0.0599 e. The third-order valence-electron chi connectivity index (χ3n) is 2.18. The summed E-state index contributed by atoms with van der Waals surface area (Å²) in [4.78, 5) is 2.24. The van der Waals surface area contributed by atoms with Gasteiger partial charge in [0.2, 0.25) is 0 Å². The Morgan fingerprint density at radius 2 is 2.08 bits per heavy atom. The Hall–Kier alpha value is -0.520. The van der Waals surface area contributed by atoms with Gasteiger partial charge in [-0.05, 0) is 18.9 Å². The number of hydrogen-bond donors (Lipinski definition) is 1. The zero-order valence-corrected chi connectivity index (χ0v) is 9.09. The van der Waals surface area contributed by atoms with Gasteiger partial charge in [-0.1, -0.05) is 26.7 Å². The lowest BCUT2D eigenvalue weighted by Crippen LogP contribution is -2.41. The highest BCUT2D eigenvalue weighted by molar-refractivity contribution is 4.89.